The van der Waals surface area contributed by atoms with Crippen molar-refractivity contribution in [3.05, 3.63) is 120 Å². The third-order valence-corrected chi connectivity index (χ3v) is 7.98. The fourth-order valence-corrected chi connectivity index (χ4v) is 5.36. The van der Waals surface area contributed by atoms with Gasteiger partial charge in [0.25, 0.3) is 5.91 Å². The Morgan fingerprint density at radius 1 is 0.714 bits per heavy atom. The van der Waals surface area contributed by atoms with E-state index in [2.05, 4.69) is 84.4 Å². The standard InChI is InChI=1S/C36H39N3O3/c1-36(2,3)30-15-11-29(12-16-30)34(40)37-33(35(41)42)25-26-9-17-31(18-10-26)38-21-23-39(24-22-38)32-19-13-28(14-20-32)27-7-5-4-6-8-27/h4-20,33H,21-25H2,1-3H3,(H,37,40)(H,41,42)/t33-/m0/s1. The Morgan fingerprint density at radius 2 is 1.21 bits per heavy atom. The number of benzene rings is 4. The highest BCUT2D eigenvalue weighted by molar-refractivity contribution is 5.96. The van der Waals surface area contributed by atoms with Crippen molar-refractivity contribution in [1.29, 1.82) is 0 Å². The molecule has 0 radical (unpaired) electrons. The molecule has 1 heterocycles. The molecule has 1 fully saturated rings. The minimum absolute atomic E-state index is 0.0204. The van der Waals surface area contributed by atoms with Gasteiger partial charge >= 0.3 is 5.97 Å². The van der Waals surface area contributed by atoms with Crippen molar-refractivity contribution in [2.75, 3.05) is 36.0 Å². The van der Waals surface area contributed by atoms with Gasteiger partial charge in [-0.1, -0.05) is 87.5 Å². The van der Waals surface area contributed by atoms with Crippen LogP contribution in [-0.2, 0) is 16.6 Å². The second-order valence-electron chi connectivity index (χ2n) is 11.9. The van der Waals surface area contributed by atoms with E-state index in [1.165, 1.54) is 16.8 Å². The van der Waals surface area contributed by atoms with Gasteiger partial charge in [-0.15, -0.1) is 0 Å². The topological polar surface area (TPSA) is 72.9 Å². The molecule has 1 atom stereocenters. The Hall–Kier alpha value is -4.58. The number of nitrogens with zero attached hydrogens (tertiary/aromatic N) is 2. The number of hydrogen-bond acceptors (Lipinski definition) is 4. The van der Waals surface area contributed by atoms with Crippen molar-refractivity contribution >= 4 is 23.3 Å². The van der Waals surface area contributed by atoms with E-state index in [4.69, 9.17) is 0 Å². The summed E-state index contributed by atoms with van der Waals surface area (Å²) >= 11 is 0. The zero-order valence-electron chi connectivity index (χ0n) is 24.6. The lowest BCUT2D eigenvalue weighted by atomic mass is 9.86. The molecule has 0 spiro atoms. The van der Waals surface area contributed by atoms with Gasteiger partial charge in [0.1, 0.15) is 6.04 Å². The average molecular weight is 562 g/mol. The van der Waals surface area contributed by atoms with Gasteiger partial charge in [-0.2, -0.15) is 0 Å². The normalized spacial score (nSPS) is 14.4. The predicted molar refractivity (Wildman–Crippen MR) is 170 cm³/mol. The molecular formula is C36H39N3O3. The number of carboxylic acids is 1. The summed E-state index contributed by atoms with van der Waals surface area (Å²) in [6, 6.07) is 33.5. The number of aliphatic carboxylic acids is 1. The van der Waals surface area contributed by atoms with E-state index in [1.807, 2.05) is 42.5 Å². The number of hydrogen-bond donors (Lipinski definition) is 2. The Bertz CT molecular complexity index is 1480. The molecule has 1 amide bonds. The maximum absolute atomic E-state index is 12.8. The van der Waals surface area contributed by atoms with Crippen LogP contribution in [-0.4, -0.2) is 49.2 Å². The first-order valence-electron chi connectivity index (χ1n) is 14.6. The first-order valence-corrected chi connectivity index (χ1v) is 14.6. The molecule has 0 unspecified atom stereocenters. The average Bonchev–Trinajstić information content (AvgIpc) is 3.01. The maximum Gasteiger partial charge on any atom is 0.326 e. The van der Waals surface area contributed by atoms with E-state index in [0.717, 1.165) is 43.0 Å². The molecule has 2 N–H and O–H groups in total. The second-order valence-corrected chi connectivity index (χ2v) is 11.9. The summed E-state index contributed by atoms with van der Waals surface area (Å²) in [6.07, 6.45) is 0.216. The summed E-state index contributed by atoms with van der Waals surface area (Å²) in [5.41, 5.74) is 7.21. The van der Waals surface area contributed by atoms with E-state index in [1.54, 1.807) is 12.1 Å². The molecule has 4 aromatic rings. The quantitative estimate of drug-likeness (QED) is 0.260. The minimum atomic E-state index is -1.05. The molecule has 5 rings (SSSR count). The van der Waals surface area contributed by atoms with Crippen molar-refractivity contribution in [1.82, 2.24) is 5.32 Å². The molecular weight excluding hydrogens is 522 g/mol. The molecule has 1 aliphatic rings. The molecule has 42 heavy (non-hydrogen) atoms. The Labute approximate surface area is 248 Å². The van der Waals surface area contributed by atoms with Crippen molar-refractivity contribution in [3.63, 3.8) is 0 Å². The first-order chi connectivity index (χ1) is 20.2. The Morgan fingerprint density at radius 3 is 1.71 bits per heavy atom. The van der Waals surface area contributed by atoms with Gasteiger partial charge in [-0.3, -0.25) is 4.79 Å². The monoisotopic (exact) mass is 561 g/mol. The summed E-state index contributed by atoms with van der Waals surface area (Å²) in [6.45, 7) is 10.00. The molecule has 0 aliphatic carbocycles. The SMILES string of the molecule is CC(C)(C)c1ccc(C(=O)N[C@@H](Cc2ccc(N3CCN(c4ccc(-c5ccccc5)cc4)CC3)cc2)C(=O)O)cc1. The highest BCUT2D eigenvalue weighted by atomic mass is 16.4. The van der Waals surface area contributed by atoms with Crippen molar-refractivity contribution in [2.24, 2.45) is 0 Å². The fourth-order valence-electron chi connectivity index (χ4n) is 5.36. The molecule has 6 nitrogen and oxygen atoms in total. The van der Waals surface area contributed by atoms with E-state index in [9.17, 15) is 14.7 Å². The number of piperazine rings is 1. The highest BCUT2D eigenvalue weighted by Gasteiger charge is 2.23. The number of carbonyl (C=O) groups is 2. The van der Waals surface area contributed by atoms with Crippen LogP contribution in [0, 0.1) is 0 Å². The van der Waals surface area contributed by atoms with Crippen LogP contribution >= 0.6 is 0 Å². The van der Waals surface area contributed by atoms with Gasteiger partial charge in [0.2, 0.25) is 0 Å². The molecule has 0 bridgehead atoms. The summed E-state index contributed by atoms with van der Waals surface area (Å²) in [4.78, 5) is 29.5. The minimum Gasteiger partial charge on any atom is -0.480 e. The largest absolute Gasteiger partial charge is 0.480 e. The third kappa shape index (κ3) is 7.00. The highest BCUT2D eigenvalue weighted by Crippen LogP contribution is 2.26. The lowest BCUT2D eigenvalue weighted by molar-refractivity contribution is -0.139. The number of nitrogens with one attached hydrogen (secondary N) is 1. The molecule has 4 aromatic carbocycles. The van der Waals surface area contributed by atoms with E-state index < -0.39 is 12.0 Å². The van der Waals surface area contributed by atoms with Crippen LogP contribution in [0.25, 0.3) is 11.1 Å². The van der Waals surface area contributed by atoms with Crippen LogP contribution in [0.3, 0.4) is 0 Å². The molecule has 0 saturated carbocycles. The summed E-state index contributed by atoms with van der Waals surface area (Å²) in [5.74, 6) is -1.43. The van der Waals surface area contributed by atoms with Gasteiger partial charge in [-0.25, -0.2) is 4.79 Å². The van der Waals surface area contributed by atoms with Crippen LogP contribution in [0.15, 0.2) is 103 Å². The van der Waals surface area contributed by atoms with Crippen LogP contribution < -0.4 is 15.1 Å². The Balaban J connectivity index is 1.15. The number of amides is 1. The summed E-state index contributed by atoms with van der Waals surface area (Å²) < 4.78 is 0. The van der Waals surface area contributed by atoms with Gasteiger partial charge in [0.05, 0.1) is 0 Å². The van der Waals surface area contributed by atoms with Crippen LogP contribution in [0.1, 0.15) is 42.3 Å². The van der Waals surface area contributed by atoms with Crippen molar-refractivity contribution in [3.8, 4) is 11.1 Å². The lowest BCUT2D eigenvalue weighted by Crippen LogP contribution is -2.46. The van der Waals surface area contributed by atoms with Crippen molar-refractivity contribution < 1.29 is 14.7 Å². The number of carbonyl (C=O) groups excluding carboxylic acids is 1. The van der Waals surface area contributed by atoms with Gasteiger partial charge in [0.15, 0.2) is 0 Å². The Kier molecular flexibility index (Phi) is 8.62. The molecule has 1 aliphatic heterocycles. The van der Waals surface area contributed by atoms with Gasteiger partial charge in [0, 0.05) is 49.5 Å². The van der Waals surface area contributed by atoms with E-state index in [-0.39, 0.29) is 17.7 Å². The third-order valence-electron chi connectivity index (χ3n) is 7.98. The van der Waals surface area contributed by atoms with Gasteiger partial charge in [-0.05, 0) is 64.1 Å². The van der Waals surface area contributed by atoms with Crippen LogP contribution in [0.2, 0.25) is 0 Å². The predicted octanol–water partition coefficient (Wildman–Crippen LogP) is 6.40. The van der Waals surface area contributed by atoms with E-state index >= 15 is 0 Å². The fraction of sp³-hybridized carbons (Fsp3) is 0.278. The summed E-state index contributed by atoms with van der Waals surface area (Å²) in [5, 5.41) is 12.5. The van der Waals surface area contributed by atoms with Crippen LogP contribution in [0.4, 0.5) is 11.4 Å². The lowest BCUT2D eigenvalue weighted by Gasteiger charge is -2.37. The zero-order chi connectivity index (χ0) is 29.7. The first kappa shape index (κ1) is 28.9. The van der Waals surface area contributed by atoms with Crippen molar-refractivity contribution in [2.45, 2.75) is 38.6 Å². The van der Waals surface area contributed by atoms with E-state index in [0.29, 0.717) is 5.56 Å². The smallest absolute Gasteiger partial charge is 0.326 e. The molecule has 0 aromatic heterocycles. The van der Waals surface area contributed by atoms with Gasteiger partial charge < -0.3 is 20.2 Å². The zero-order valence-corrected chi connectivity index (χ0v) is 24.6. The number of anilines is 2. The number of rotatable bonds is 8. The summed E-state index contributed by atoms with van der Waals surface area (Å²) in [7, 11) is 0. The molecule has 216 valence electrons. The van der Waals surface area contributed by atoms with Crippen LogP contribution in [0.5, 0.6) is 0 Å². The number of carboxylic acid groups (broad SMARTS) is 1. The molecule has 1 saturated heterocycles. The molecule has 6 heteroatoms. The maximum atomic E-state index is 12.8. The second kappa shape index (κ2) is 12.5.